The van der Waals surface area contributed by atoms with Crippen molar-refractivity contribution in [1.82, 2.24) is 0 Å². The van der Waals surface area contributed by atoms with E-state index in [0.29, 0.717) is 6.42 Å². The molecule has 0 aliphatic heterocycles. The van der Waals surface area contributed by atoms with Gasteiger partial charge in [-0.15, -0.1) is 0 Å². The lowest BCUT2D eigenvalue weighted by Crippen LogP contribution is -2.50. The maximum Gasteiger partial charge on any atom is 0.141 e. The fourth-order valence-corrected chi connectivity index (χ4v) is 2.02. The monoisotopic (exact) mass is 126 g/mol. The molecule has 50 valence electrons. The van der Waals surface area contributed by atoms with E-state index in [1.165, 1.54) is 0 Å². The van der Waals surface area contributed by atoms with Gasteiger partial charge in [-0.05, 0) is 19.3 Å². The molecule has 2 nitrogen and oxygen atoms in total. The standard InChI is InChI=1S/C7H10O2/c8-6-4-7(9)3-1-2-5(6)7/h5,9H,1-4H2/t5-,7-/m1/s1. The number of carbonyl (C=O) groups is 1. The predicted octanol–water partition coefficient (Wildman–Crippen LogP) is 0.490. The van der Waals surface area contributed by atoms with Crippen molar-refractivity contribution in [3.05, 3.63) is 0 Å². The summed E-state index contributed by atoms with van der Waals surface area (Å²) in [7, 11) is 0. The van der Waals surface area contributed by atoms with E-state index in [0.717, 1.165) is 19.3 Å². The maximum atomic E-state index is 10.8. The van der Waals surface area contributed by atoms with Crippen LogP contribution in [0.5, 0.6) is 0 Å². The molecule has 0 spiro atoms. The number of fused-ring (bicyclic) bond motifs is 1. The molecule has 0 saturated heterocycles. The minimum absolute atomic E-state index is 0.0255. The fourth-order valence-electron chi connectivity index (χ4n) is 2.02. The van der Waals surface area contributed by atoms with Crippen LogP contribution in [0.3, 0.4) is 0 Å². The highest BCUT2D eigenvalue weighted by Gasteiger charge is 2.54. The molecule has 9 heavy (non-hydrogen) atoms. The number of ketones is 1. The lowest BCUT2D eigenvalue weighted by molar-refractivity contribution is -0.152. The predicted molar refractivity (Wildman–Crippen MR) is 31.9 cm³/mol. The molecule has 2 atom stereocenters. The Morgan fingerprint density at radius 2 is 2.44 bits per heavy atom. The quantitative estimate of drug-likeness (QED) is 0.513. The molecular formula is C7H10O2. The minimum atomic E-state index is -0.545. The van der Waals surface area contributed by atoms with Crippen molar-refractivity contribution in [2.75, 3.05) is 0 Å². The zero-order valence-corrected chi connectivity index (χ0v) is 5.26. The highest BCUT2D eigenvalue weighted by atomic mass is 16.3. The van der Waals surface area contributed by atoms with Crippen molar-refractivity contribution in [2.24, 2.45) is 5.92 Å². The van der Waals surface area contributed by atoms with E-state index in [9.17, 15) is 9.90 Å². The summed E-state index contributed by atoms with van der Waals surface area (Å²) in [5.41, 5.74) is -0.545. The van der Waals surface area contributed by atoms with Crippen LogP contribution in [-0.4, -0.2) is 16.5 Å². The first-order chi connectivity index (χ1) is 4.22. The third-order valence-corrected chi connectivity index (χ3v) is 2.62. The Balaban J connectivity index is 2.21. The van der Waals surface area contributed by atoms with Crippen molar-refractivity contribution in [3.8, 4) is 0 Å². The molecule has 1 N–H and O–H groups in total. The maximum absolute atomic E-state index is 10.8. The van der Waals surface area contributed by atoms with E-state index in [1.807, 2.05) is 0 Å². The van der Waals surface area contributed by atoms with Crippen molar-refractivity contribution in [1.29, 1.82) is 0 Å². The van der Waals surface area contributed by atoms with Crippen LogP contribution in [0, 0.1) is 5.92 Å². The number of Topliss-reactive ketones (excluding diaryl/α,β-unsaturated/α-hetero) is 1. The van der Waals surface area contributed by atoms with E-state index in [-0.39, 0.29) is 11.7 Å². The first-order valence-corrected chi connectivity index (χ1v) is 3.47. The number of hydrogen-bond acceptors (Lipinski definition) is 2. The van der Waals surface area contributed by atoms with Crippen LogP contribution >= 0.6 is 0 Å². The number of carbonyl (C=O) groups excluding carboxylic acids is 1. The van der Waals surface area contributed by atoms with E-state index in [4.69, 9.17) is 0 Å². The van der Waals surface area contributed by atoms with Gasteiger partial charge in [-0.3, -0.25) is 4.79 Å². The Labute approximate surface area is 53.9 Å². The average molecular weight is 126 g/mol. The first-order valence-electron chi connectivity index (χ1n) is 3.47. The molecule has 2 aliphatic carbocycles. The van der Waals surface area contributed by atoms with E-state index in [1.54, 1.807) is 0 Å². The molecule has 0 radical (unpaired) electrons. The second-order valence-corrected chi connectivity index (χ2v) is 3.19. The van der Waals surface area contributed by atoms with Gasteiger partial charge in [0, 0.05) is 12.3 Å². The summed E-state index contributed by atoms with van der Waals surface area (Å²) in [6, 6.07) is 0. The van der Waals surface area contributed by atoms with Gasteiger partial charge in [-0.1, -0.05) is 0 Å². The van der Waals surface area contributed by atoms with Gasteiger partial charge in [0.1, 0.15) is 5.78 Å². The molecule has 2 saturated carbocycles. The largest absolute Gasteiger partial charge is 0.389 e. The second-order valence-electron chi connectivity index (χ2n) is 3.19. The molecular weight excluding hydrogens is 116 g/mol. The Bertz CT molecular complexity index is 164. The average Bonchev–Trinajstić information content (AvgIpc) is 2.06. The Morgan fingerprint density at radius 3 is 2.89 bits per heavy atom. The molecule has 2 aliphatic rings. The minimum Gasteiger partial charge on any atom is -0.389 e. The molecule has 0 aromatic carbocycles. The van der Waals surface area contributed by atoms with Crippen LogP contribution in [0.25, 0.3) is 0 Å². The van der Waals surface area contributed by atoms with Crippen molar-refractivity contribution >= 4 is 5.78 Å². The zero-order chi connectivity index (χ0) is 6.48. The third kappa shape index (κ3) is 0.517. The summed E-state index contributed by atoms with van der Waals surface area (Å²) in [5, 5.41) is 9.50. The molecule has 0 bridgehead atoms. The second kappa shape index (κ2) is 1.37. The fraction of sp³-hybridized carbons (Fsp3) is 0.857. The highest BCUT2D eigenvalue weighted by Crippen LogP contribution is 2.47. The summed E-state index contributed by atoms with van der Waals surface area (Å²) in [5.74, 6) is 0.299. The van der Waals surface area contributed by atoms with Gasteiger partial charge in [0.25, 0.3) is 0 Å². The molecule has 0 amide bonds. The summed E-state index contributed by atoms with van der Waals surface area (Å²) in [6.07, 6.45) is 3.24. The van der Waals surface area contributed by atoms with Crippen molar-refractivity contribution in [3.63, 3.8) is 0 Å². The molecule has 0 heterocycles. The van der Waals surface area contributed by atoms with Gasteiger partial charge in [0.05, 0.1) is 5.60 Å². The van der Waals surface area contributed by atoms with Gasteiger partial charge in [0.2, 0.25) is 0 Å². The Morgan fingerprint density at radius 1 is 1.67 bits per heavy atom. The van der Waals surface area contributed by atoms with Gasteiger partial charge in [-0.2, -0.15) is 0 Å². The molecule has 0 aromatic heterocycles. The van der Waals surface area contributed by atoms with E-state index < -0.39 is 5.60 Å². The molecule has 0 unspecified atom stereocenters. The van der Waals surface area contributed by atoms with Crippen LogP contribution in [0.1, 0.15) is 25.7 Å². The van der Waals surface area contributed by atoms with E-state index >= 15 is 0 Å². The van der Waals surface area contributed by atoms with Gasteiger partial charge in [0.15, 0.2) is 0 Å². The van der Waals surface area contributed by atoms with Crippen LogP contribution in [0.2, 0.25) is 0 Å². The van der Waals surface area contributed by atoms with Gasteiger partial charge >= 0.3 is 0 Å². The molecule has 2 heteroatoms. The zero-order valence-electron chi connectivity index (χ0n) is 5.26. The Kier molecular flexibility index (Phi) is 0.826. The lowest BCUT2D eigenvalue weighted by Gasteiger charge is -2.38. The summed E-state index contributed by atoms with van der Waals surface area (Å²) in [4.78, 5) is 10.8. The van der Waals surface area contributed by atoms with Gasteiger partial charge < -0.3 is 5.11 Å². The SMILES string of the molecule is O=C1C[C@]2(O)CCC[C@H]12. The normalized spacial score (nSPS) is 48.6. The third-order valence-electron chi connectivity index (χ3n) is 2.62. The highest BCUT2D eigenvalue weighted by molar-refractivity contribution is 5.90. The van der Waals surface area contributed by atoms with E-state index in [2.05, 4.69) is 0 Å². The summed E-state index contributed by atoms with van der Waals surface area (Å²) in [6.45, 7) is 0. The number of rotatable bonds is 0. The molecule has 2 fully saturated rings. The van der Waals surface area contributed by atoms with Crippen LogP contribution in [0.4, 0.5) is 0 Å². The van der Waals surface area contributed by atoms with Crippen molar-refractivity contribution in [2.45, 2.75) is 31.3 Å². The Hall–Kier alpha value is -0.370. The van der Waals surface area contributed by atoms with Gasteiger partial charge in [-0.25, -0.2) is 0 Å². The smallest absolute Gasteiger partial charge is 0.141 e. The summed E-state index contributed by atoms with van der Waals surface area (Å²) < 4.78 is 0. The lowest BCUT2D eigenvalue weighted by atomic mass is 9.71. The number of aliphatic hydroxyl groups is 1. The van der Waals surface area contributed by atoms with Crippen LogP contribution in [-0.2, 0) is 4.79 Å². The molecule has 2 rings (SSSR count). The number of hydrogen-bond donors (Lipinski definition) is 1. The topological polar surface area (TPSA) is 37.3 Å². The summed E-state index contributed by atoms with van der Waals surface area (Å²) >= 11 is 0. The molecule has 0 aromatic rings. The first kappa shape index (κ1) is 5.42. The van der Waals surface area contributed by atoms with Crippen LogP contribution < -0.4 is 0 Å². The van der Waals surface area contributed by atoms with Crippen LogP contribution in [0.15, 0.2) is 0 Å². The van der Waals surface area contributed by atoms with Crippen molar-refractivity contribution < 1.29 is 9.90 Å².